The second kappa shape index (κ2) is 6.53. The minimum Gasteiger partial charge on any atom is -0.306 e. The molecule has 0 spiro atoms. The molecule has 2 rings (SSSR count). The molecule has 1 atom stereocenters. The van der Waals surface area contributed by atoms with Crippen LogP contribution in [0.3, 0.4) is 0 Å². The first-order chi connectivity index (χ1) is 9.02. The first-order valence-corrected chi connectivity index (χ1v) is 8.68. The van der Waals surface area contributed by atoms with Crippen LogP contribution in [0.4, 0.5) is 0 Å². The highest BCUT2D eigenvalue weighted by Crippen LogP contribution is 2.36. The zero-order valence-corrected chi connectivity index (χ0v) is 15.2. The Morgan fingerprint density at radius 2 is 1.89 bits per heavy atom. The van der Waals surface area contributed by atoms with Crippen molar-refractivity contribution in [2.75, 3.05) is 6.54 Å². The lowest BCUT2D eigenvalue weighted by atomic mass is 10.00. The van der Waals surface area contributed by atoms with E-state index >= 15 is 0 Å². The smallest absolute Gasteiger partial charge is 0.0731 e. The molecule has 1 heterocycles. The zero-order chi connectivity index (χ0) is 14.0. The Morgan fingerprint density at radius 1 is 1.16 bits per heavy atom. The molecule has 1 nitrogen and oxygen atoms in total. The maximum atomic E-state index is 3.62. The van der Waals surface area contributed by atoms with Crippen molar-refractivity contribution in [3.63, 3.8) is 0 Å². The Morgan fingerprint density at radius 3 is 2.47 bits per heavy atom. The van der Waals surface area contributed by atoms with Gasteiger partial charge in [0.15, 0.2) is 0 Å². The molecule has 0 aliphatic heterocycles. The number of hydrogen-bond donors (Lipinski definition) is 1. The highest BCUT2D eigenvalue weighted by Gasteiger charge is 2.18. The molecule has 0 saturated heterocycles. The van der Waals surface area contributed by atoms with Gasteiger partial charge in [0, 0.05) is 9.35 Å². The summed E-state index contributed by atoms with van der Waals surface area (Å²) in [5.41, 5.74) is 3.96. The van der Waals surface area contributed by atoms with E-state index in [-0.39, 0.29) is 6.04 Å². The van der Waals surface area contributed by atoms with Crippen LogP contribution in [0, 0.1) is 13.8 Å². The Balaban J connectivity index is 2.47. The number of aryl methyl sites for hydroxylation is 2. The standard InChI is InChI=1S/C15H17Br2NS/c1-4-18-14(13-7-10(3)15(17)19-13)12-8-11(16)6-5-9(12)2/h5-8,14,18H,4H2,1-3H3. The topological polar surface area (TPSA) is 12.0 Å². The van der Waals surface area contributed by atoms with Crippen LogP contribution in [0.25, 0.3) is 0 Å². The Kier molecular flexibility index (Phi) is 5.23. The second-order valence-corrected chi connectivity index (χ2v) is 7.91. The van der Waals surface area contributed by atoms with Gasteiger partial charge in [0.25, 0.3) is 0 Å². The van der Waals surface area contributed by atoms with Gasteiger partial charge in [0.2, 0.25) is 0 Å². The molecule has 1 unspecified atom stereocenters. The Labute approximate surface area is 135 Å². The summed E-state index contributed by atoms with van der Waals surface area (Å²) in [7, 11) is 0. The van der Waals surface area contributed by atoms with E-state index in [9.17, 15) is 0 Å². The van der Waals surface area contributed by atoms with E-state index in [2.05, 4.69) is 82.2 Å². The maximum Gasteiger partial charge on any atom is 0.0731 e. The molecular formula is C15H17Br2NS. The summed E-state index contributed by atoms with van der Waals surface area (Å²) in [6, 6.07) is 9.00. The van der Waals surface area contributed by atoms with Crippen molar-refractivity contribution < 1.29 is 0 Å². The van der Waals surface area contributed by atoms with Gasteiger partial charge in [-0.05, 0) is 71.2 Å². The van der Waals surface area contributed by atoms with Crippen LogP contribution in [0.2, 0.25) is 0 Å². The largest absolute Gasteiger partial charge is 0.306 e. The third kappa shape index (κ3) is 3.48. The van der Waals surface area contributed by atoms with E-state index in [1.807, 2.05) is 11.3 Å². The quantitative estimate of drug-likeness (QED) is 0.702. The van der Waals surface area contributed by atoms with Crippen molar-refractivity contribution >= 4 is 43.2 Å². The number of halogens is 2. The molecule has 0 aliphatic rings. The molecule has 1 aromatic heterocycles. The summed E-state index contributed by atoms with van der Waals surface area (Å²) in [4.78, 5) is 1.35. The fourth-order valence-electron chi connectivity index (χ4n) is 2.12. The van der Waals surface area contributed by atoms with Gasteiger partial charge in [-0.2, -0.15) is 0 Å². The van der Waals surface area contributed by atoms with E-state index < -0.39 is 0 Å². The van der Waals surface area contributed by atoms with Gasteiger partial charge >= 0.3 is 0 Å². The lowest BCUT2D eigenvalue weighted by Gasteiger charge is -2.19. The molecule has 1 N–H and O–H groups in total. The van der Waals surface area contributed by atoms with Crippen LogP contribution < -0.4 is 5.32 Å². The molecular weight excluding hydrogens is 386 g/mol. The number of hydrogen-bond acceptors (Lipinski definition) is 2. The molecule has 0 bridgehead atoms. The van der Waals surface area contributed by atoms with Gasteiger partial charge in [-0.15, -0.1) is 11.3 Å². The van der Waals surface area contributed by atoms with Crippen molar-refractivity contribution in [1.29, 1.82) is 0 Å². The van der Waals surface area contributed by atoms with Crippen LogP contribution >= 0.6 is 43.2 Å². The summed E-state index contributed by atoms with van der Waals surface area (Å²) in [5, 5.41) is 3.59. The molecule has 102 valence electrons. The third-order valence-electron chi connectivity index (χ3n) is 3.12. The van der Waals surface area contributed by atoms with Crippen molar-refractivity contribution in [2.45, 2.75) is 26.8 Å². The van der Waals surface area contributed by atoms with Gasteiger partial charge < -0.3 is 5.32 Å². The first kappa shape index (κ1) is 15.2. The van der Waals surface area contributed by atoms with Gasteiger partial charge in [-0.1, -0.05) is 28.9 Å². The van der Waals surface area contributed by atoms with Crippen LogP contribution in [-0.4, -0.2) is 6.54 Å². The first-order valence-electron chi connectivity index (χ1n) is 6.28. The van der Waals surface area contributed by atoms with Crippen LogP contribution in [-0.2, 0) is 0 Å². The van der Waals surface area contributed by atoms with E-state index in [1.165, 1.54) is 25.4 Å². The zero-order valence-electron chi connectivity index (χ0n) is 11.3. The molecule has 0 saturated carbocycles. The van der Waals surface area contributed by atoms with Crippen LogP contribution in [0.1, 0.15) is 34.5 Å². The summed E-state index contributed by atoms with van der Waals surface area (Å²) in [6.45, 7) is 7.41. The molecule has 1 aromatic carbocycles. The number of benzene rings is 1. The number of thiophene rings is 1. The van der Waals surface area contributed by atoms with Gasteiger partial charge in [0.1, 0.15) is 0 Å². The maximum absolute atomic E-state index is 3.62. The summed E-state index contributed by atoms with van der Waals surface area (Å²) < 4.78 is 2.35. The summed E-state index contributed by atoms with van der Waals surface area (Å²) in [6.07, 6.45) is 0. The van der Waals surface area contributed by atoms with Crippen LogP contribution in [0.15, 0.2) is 32.5 Å². The second-order valence-electron chi connectivity index (χ2n) is 4.60. The van der Waals surface area contributed by atoms with Crippen molar-refractivity contribution in [3.05, 3.63) is 54.1 Å². The molecule has 19 heavy (non-hydrogen) atoms. The SMILES string of the molecule is CCNC(c1cc(C)c(Br)s1)c1cc(Br)ccc1C. The summed E-state index contributed by atoms with van der Waals surface area (Å²) in [5.74, 6) is 0. The Bertz CT molecular complexity index is 558. The molecule has 0 aliphatic carbocycles. The average molecular weight is 403 g/mol. The van der Waals surface area contributed by atoms with Gasteiger partial charge in [-0.25, -0.2) is 0 Å². The van der Waals surface area contributed by atoms with E-state index in [0.717, 1.165) is 11.0 Å². The fraction of sp³-hybridized carbons (Fsp3) is 0.333. The Hall–Kier alpha value is -0.160. The normalized spacial score (nSPS) is 12.7. The summed E-state index contributed by atoms with van der Waals surface area (Å²) >= 11 is 9.01. The lowest BCUT2D eigenvalue weighted by Crippen LogP contribution is -2.21. The molecule has 0 radical (unpaired) electrons. The minimum atomic E-state index is 0.262. The fourth-order valence-corrected chi connectivity index (χ4v) is 4.16. The molecule has 0 fully saturated rings. The van der Waals surface area contributed by atoms with Gasteiger partial charge in [-0.3, -0.25) is 0 Å². The van der Waals surface area contributed by atoms with Crippen LogP contribution in [0.5, 0.6) is 0 Å². The minimum absolute atomic E-state index is 0.262. The van der Waals surface area contributed by atoms with E-state index in [0.29, 0.717) is 0 Å². The highest BCUT2D eigenvalue weighted by molar-refractivity contribution is 9.11. The number of rotatable bonds is 4. The predicted molar refractivity (Wildman–Crippen MR) is 91.2 cm³/mol. The van der Waals surface area contributed by atoms with E-state index in [4.69, 9.17) is 0 Å². The molecule has 4 heteroatoms. The average Bonchev–Trinajstić information content (AvgIpc) is 2.70. The highest BCUT2D eigenvalue weighted by atomic mass is 79.9. The third-order valence-corrected chi connectivity index (χ3v) is 5.82. The van der Waals surface area contributed by atoms with Crippen molar-refractivity contribution in [3.8, 4) is 0 Å². The molecule has 2 aromatic rings. The lowest BCUT2D eigenvalue weighted by molar-refractivity contribution is 0.636. The monoisotopic (exact) mass is 401 g/mol. The predicted octanol–water partition coefficient (Wildman–Crippen LogP) is 5.59. The number of nitrogens with one attached hydrogen (secondary N) is 1. The molecule has 0 amide bonds. The van der Waals surface area contributed by atoms with Gasteiger partial charge in [0.05, 0.1) is 9.83 Å². The van der Waals surface area contributed by atoms with Crippen molar-refractivity contribution in [2.24, 2.45) is 0 Å². The van der Waals surface area contributed by atoms with Crippen molar-refractivity contribution in [1.82, 2.24) is 5.32 Å². The van der Waals surface area contributed by atoms with E-state index in [1.54, 1.807) is 0 Å².